The molecule has 1 amide bonds. The number of hydrogen-bond acceptors (Lipinski definition) is 2. The summed E-state index contributed by atoms with van der Waals surface area (Å²) in [4.78, 5) is 19.0. The minimum absolute atomic E-state index is 0.0786. The lowest BCUT2D eigenvalue weighted by Crippen LogP contribution is -2.52. The third kappa shape index (κ3) is 3.30. The van der Waals surface area contributed by atoms with Crippen LogP contribution >= 0.6 is 0 Å². The van der Waals surface area contributed by atoms with Crippen LogP contribution in [0.5, 0.6) is 0 Å². The molecule has 5 aliphatic rings. The summed E-state index contributed by atoms with van der Waals surface area (Å²) in [5.41, 5.74) is 4.64. The molecule has 5 nitrogen and oxygen atoms in total. The lowest BCUT2D eigenvalue weighted by molar-refractivity contribution is -0.130. The van der Waals surface area contributed by atoms with Gasteiger partial charge in [-0.1, -0.05) is 38.0 Å². The Morgan fingerprint density at radius 2 is 1.86 bits per heavy atom. The molecule has 0 spiro atoms. The number of amides is 1. The molecule has 5 heteroatoms. The van der Waals surface area contributed by atoms with Gasteiger partial charge in [-0.25, -0.2) is 0 Å². The zero-order valence-corrected chi connectivity index (χ0v) is 21.2. The largest absolute Gasteiger partial charge is 0.356 e. The number of nitrogens with zero attached hydrogens (tertiary/aromatic N) is 3. The predicted octanol–water partition coefficient (Wildman–Crippen LogP) is 5.96. The standard InChI is InChI=1S/C31H36N4O/c1-3-5-8-23-16-25-24-9-6-7-10-26(24)32-29(25)30(35(23)28(36)4-2)27-11-12-34(33-27)31-17-20-13-21(18-31)15-22(14-20)19-31/h2,6-7,9-12,20-23,30,32H,3,5,8,13-19H2,1H3/t20?,21?,22?,23-,30?,31?/m0/s1. The van der Waals surface area contributed by atoms with Crippen LogP contribution in [0.25, 0.3) is 10.9 Å². The van der Waals surface area contributed by atoms with Gasteiger partial charge in [-0.15, -0.1) is 6.42 Å². The van der Waals surface area contributed by atoms with Gasteiger partial charge in [0.05, 0.1) is 11.2 Å². The number of H-pyrrole nitrogens is 1. The number of hydrogen-bond donors (Lipinski definition) is 1. The van der Waals surface area contributed by atoms with Crippen LogP contribution in [0, 0.1) is 30.1 Å². The van der Waals surface area contributed by atoms with Crippen molar-refractivity contribution in [3.63, 3.8) is 0 Å². The van der Waals surface area contributed by atoms with Gasteiger partial charge in [-0.2, -0.15) is 5.10 Å². The van der Waals surface area contributed by atoms with Gasteiger partial charge in [0.1, 0.15) is 6.04 Å². The van der Waals surface area contributed by atoms with Crippen LogP contribution in [0.15, 0.2) is 36.5 Å². The van der Waals surface area contributed by atoms with E-state index >= 15 is 0 Å². The van der Waals surface area contributed by atoms with Gasteiger partial charge in [-0.3, -0.25) is 9.48 Å². The van der Waals surface area contributed by atoms with Gasteiger partial charge in [0, 0.05) is 28.8 Å². The number of aromatic nitrogens is 3. The molecule has 186 valence electrons. The van der Waals surface area contributed by atoms with Crippen molar-refractivity contribution in [2.75, 3.05) is 0 Å². The Hall–Kier alpha value is -3.00. The molecule has 2 aromatic heterocycles. The molecule has 36 heavy (non-hydrogen) atoms. The second kappa shape index (κ2) is 8.26. The van der Waals surface area contributed by atoms with E-state index in [4.69, 9.17) is 11.5 Å². The summed E-state index contributed by atoms with van der Waals surface area (Å²) in [5.74, 6) is 4.81. The number of benzene rings is 1. The summed E-state index contributed by atoms with van der Waals surface area (Å²) < 4.78 is 2.31. The first kappa shape index (κ1) is 22.2. The van der Waals surface area contributed by atoms with Crippen LogP contribution in [0.4, 0.5) is 0 Å². The maximum absolute atomic E-state index is 13.3. The van der Waals surface area contributed by atoms with Crippen molar-refractivity contribution in [3.8, 4) is 12.3 Å². The molecule has 4 bridgehead atoms. The van der Waals surface area contributed by atoms with E-state index in [1.807, 2.05) is 4.90 Å². The van der Waals surface area contributed by atoms with Gasteiger partial charge in [-0.05, 0) is 92.7 Å². The lowest BCUT2D eigenvalue weighted by atomic mass is 9.53. The number of terminal acetylenes is 1. The molecule has 4 aliphatic carbocycles. The molecule has 1 unspecified atom stereocenters. The normalized spacial score (nSPS) is 32.6. The lowest BCUT2D eigenvalue weighted by Gasteiger charge is -2.56. The minimum atomic E-state index is -0.276. The topological polar surface area (TPSA) is 53.9 Å². The molecule has 4 saturated carbocycles. The van der Waals surface area contributed by atoms with E-state index in [9.17, 15) is 4.79 Å². The second-order valence-electron chi connectivity index (χ2n) is 12.1. The first-order valence-corrected chi connectivity index (χ1v) is 14.0. The quantitative estimate of drug-likeness (QED) is 0.459. The predicted molar refractivity (Wildman–Crippen MR) is 141 cm³/mol. The molecular weight excluding hydrogens is 444 g/mol. The molecule has 4 fully saturated rings. The Balaban J connectivity index is 1.34. The first-order valence-electron chi connectivity index (χ1n) is 14.0. The SMILES string of the molecule is C#CC(=O)N1C(c2ccn(C34CC5CC(CC(C5)C3)C4)n2)c2[nH]c3ccccc3c2C[C@@H]1CCCC. The molecule has 2 atom stereocenters. The van der Waals surface area contributed by atoms with E-state index in [0.29, 0.717) is 0 Å². The Morgan fingerprint density at radius 1 is 1.14 bits per heavy atom. The van der Waals surface area contributed by atoms with Crippen molar-refractivity contribution in [3.05, 3.63) is 53.5 Å². The Morgan fingerprint density at radius 3 is 2.56 bits per heavy atom. The van der Waals surface area contributed by atoms with Gasteiger partial charge in [0.15, 0.2) is 0 Å². The maximum atomic E-state index is 13.3. The van der Waals surface area contributed by atoms with Crippen molar-refractivity contribution in [2.24, 2.45) is 17.8 Å². The van der Waals surface area contributed by atoms with Crippen molar-refractivity contribution >= 4 is 16.8 Å². The third-order valence-corrected chi connectivity index (χ3v) is 9.86. The average molecular weight is 481 g/mol. The number of para-hydroxylation sites is 1. The van der Waals surface area contributed by atoms with Crippen LogP contribution in [0.3, 0.4) is 0 Å². The monoisotopic (exact) mass is 480 g/mol. The number of rotatable bonds is 5. The van der Waals surface area contributed by atoms with Gasteiger partial charge in [0.25, 0.3) is 5.91 Å². The van der Waals surface area contributed by atoms with E-state index in [1.165, 1.54) is 49.5 Å². The molecule has 8 rings (SSSR count). The molecule has 0 saturated heterocycles. The molecule has 1 aromatic carbocycles. The van der Waals surface area contributed by atoms with E-state index in [0.717, 1.165) is 60.3 Å². The molecule has 1 aliphatic heterocycles. The number of carbonyl (C=O) groups excluding carboxylic acids is 1. The number of nitrogens with one attached hydrogen (secondary N) is 1. The minimum Gasteiger partial charge on any atom is -0.356 e. The van der Waals surface area contributed by atoms with Crippen LogP contribution in [-0.2, 0) is 16.8 Å². The summed E-state index contributed by atoms with van der Waals surface area (Å²) in [6.45, 7) is 2.21. The molecular formula is C31H36N4O. The molecule has 3 aromatic rings. The zero-order chi connectivity index (χ0) is 24.4. The number of unbranched alkanes of at least 4 members (excludes halogenated alkanes) is 1. The summed E-state index contributed by atoms with van der Waals surface area (Å²) >= 11 is 0. The van der Waals surface area contributed by atoms with Crippen molar-refractivity contribution in [1.29, 1.82) is 0 Å². The summed E-state index contributed by atoms with van der Waals surface area (Å²) in [6.07, 6.45) is 19.9. The van der Waals surface area contributed by atoms with Crippen LogP contribution in [-0.4, -0.2) is 31.6 Å². The highest BCUT2D eigenvalue weighted by Gasteiger charge is 2.52. The number of fused-ring (bicyclic) bond motifs is 3. The fourth-order valence-electron chi connectivity index (χ4n) is 8.78. The van der Waals surface area contributed by atoms with E-state index in [-0.39, 0.29) is 23.5 Å². The summed E-state index contributed by atoms with van der Waals surface area (Å²) in [5, 5.41) is 6.57. The van der Waals surface area contributed by atoms with Gasteiger partial charge in [0.2, 0.25) is 0 Å². The van der Waals surface area contributed by atoms with Gasteiger partial charge < -0.3 is 9.88 Å². The van der Waals surface area contributed by atoms with Crippen LogP contribution in [0.2, 0.25) is 0 Å². The smallest absolute Gasteiger partial charge is 0.299 e. The molecule has 1 N–H and O–H groups in total. The van der Waals surface area contributed by atoms with Crippen molar-refractivity contribution in [1.82, 2.24) is 19.7 Å². The Bertz CT molecular complexity index is 1320. The van der Waals surface area contributed by atoms with Crippen LogP contribution < -0.4 is 0 Å². The Labute approximate surface area is 213 Å². The number of carbonyl (C=O) groups is 1. The molecule has 3 heterocycles. The van der Waals surface area contributed by atoms with Gasteiger partial charge >= 0.3 is 0 Å². The Kier molecular flexibility index (Phi) is 5.10. The summed E-state index contributed by atoms with van der Waals surface area (Å²) in [6, 6.07) is 10.5. The summed E-state index contributed by atoms with van der Waals surface area (Å²) in [7, 11) is 0. The highest BCUT2D eigenvalue weighted by molar-refractivity contribution is 5.94. The first-order chi connectivity index (χ1) is 17.6. The fraction of sp³-hybridized carbons (Fsp3) is 0.548. The van der Waals surface area contributed by atoms with E-state index in [1.54, 1.807) is 0 Å². The second-order valence-corrected chi connectivity index (χ2v) is 12.1. The van der Waals surface area contributed by atoms with Crippen molar-refractivity contribution < 1.29 is 4.79 Å². The fourth-order valence-corrected chi connectivity index (χ4v) is 8.78. The number of aromatic amines is 1. The molecule has 0 radical (unpaired) electrons. The highest BCUT2D eigenvalue weighted by atomic mass is 16.2. The van der Waals surface area contributed by atoms with Crippen molar-refractivity contribution in [2.45, 2.75) is 88.8 Å². The average Bonchev–Trinajstić information content (AvgIpc) is 3.51. The van der Waals surface area contributed by atoms with Crippen LogP contribution in [0.1, 0.15) is 87.7 Å². The zero-order valence-electron chi connectivity index (χ0n) is 21.2. The highest BCUT2D eigenvalue weighted by Crippen LogP contribution is 2.58. The van der Waals surface area contributed by atoms with E-state index < -0.39 is 0 Å². The van der Waals surface area contributed by atoms with E-state index in [2.05, 4.69) is 59.0 Å². The maximum Gasteiger partial charge on any atom is 0.299 e. The third-order valence-electron chi connectivity index (χ3n) is 9.86.